The molecule has 4 unspecified atom stereocenters. The number of methoxy groups -OCH3 is 1. The standard InChI is InChI=1S/C34H55N3O9.C27H41N3O6.2CH4/c1-5-6-16-44-20-21-46-34(42)36-25-29(38)24-28(23-27-11-8-7-9-12-27)33(41)37-30(22-26(2)3)31(39)13-14-32(40)35-15-10-17-45-19-18-43-4;1-18(2)14-22(23(32)12-13-24(33)28-6)30-25(34)20(15-19-10-8-7-9-11-19)16-21(31)17-29-26(35)36-27(3,4)5;;/h7-9,11-12,26,28,30H,5-6,10,13-25H2,1-4H3,(H,35,40)(H,36,42)(H,37,41);7-11,18,20,22H,12-17H2,1-6H3,(H,28,33)(H,29,35)(H,30,34);2*1H4. The molecule has 84 heavy (non-hydrogen) atoms. The number of ether oxygens (including phenoxy) is 5. The van der Waals surface area contributed by atoms with Gasteiger partial charge >= 0.3 is 12.2 Å². The minimum Gasteiger partial charge on any atom is -0.447 e. The van der Waals surface area contributed by atoms with E-state index in [1.807, 2.05) is 88.4 Å². The average Bonchev–Trinajstić information content (AvgIpc) is 3.65. The molecule has 476 valence electrons. The van der Waals surface area contributed by atoms with Crippen molar-refractivity contribution in [1.29, 1.82) is 0 Å². The van der Waals surface area contributed by atoms with E-state index >= 15 is 0 Å². The van der Waals surface area contributed by atoms with Gasteiger partial charge in [-0.05, 0) is 82.3 Å². The first-order valence-electron chi connectivity index (χ1n) is 28.7. The zero-order valence-corrected chi connectivity index (χ0v) is 50.4. The smallest absolute Gasteiger partial charge is 0.408 e. The first-order valence-corrected chi connectivity index (χ1v) is 28.7. The summed E-state index contributed by atoms with van der Waals surface area (Å²) in [7, 11) is 3.10. The van der Waals surface area contributed by atoms with Crippen LogP contribution in [0.3, 0.4) is 0 Å². The van der Waals surface area contributed by atoms with Crippen LogP contribution in [0.25, 0.3) is 0 Å². The summed E-state index contributed by atoms with van der Waals surface area (Å²) in [5, 5.41) is 15.8. The Morgan fingerprint density at radius 2 is 0.976 bits per heavy atom. The van der Waals surface area contributed by atoms with E-state index in [1.54, 1.807) is 27.9 Å². The third-order valence-corrected chi connectivity index (χ3v) is 12.2. The van der Waals surface area contributed by atoms with Gasteiger partial charge in [0.25, 0.3) is 0 Å². The first-order chi connectivity index (χ1) is 39.0. The number of benzene rings is 2. The highest BCUT2D eigenvalue weighted by Gasteiger charge is 2.30. The van der Waals surface area contributed by atoms with Crippen LogP contribution in [0, 0.1) is 23.7 Å². The molecule has 0 fully saturated rings. The van der Waals surface area contributed by atoms with E-state index in [0.29, 0.717) is 58.7 Å². The largest absolute Gasteiger partial charge is 0.447 e. The van der Waals surface area contributed by atoms with Crippen LogP contribution in [0.4, 0.5) is 9.59 Å². The molecule has 21 heteroatoms. The van der Waals surface area contributed by atoms with Gasteiger partial charge in [-0.2, -0.15) is 0 Å². The van der Waals surface area contributed by atoms with Crippen molar-refractivity contribution in [3.63, 3.8) is 0 Å². The van der Waals surface area contributed by atoms with Gasteiger partial charge in [0.15, 0.2) is 23.1 Å². The first kappa shape index (κ1) is 79.5. The predicted octanol–water partition coefficient (Wildman–Crippen LogP) is 7.62. The Hall–Kier alpha value is -6.58. The summed E-state index contributed by atoms with van der Waals surface area (Å²) in [6.07, 6.45) is 2.31. The van der Waals surface area contributed by atoms with E-state index in [9.17, 15) is 47.9 Å². The number of carbonyl (C=O) groups is 10. The molecule has 4 atom stereocenters. The molecule has 0 radical (unpaired) electrons. The van der Waals surface area contributed by atoms with Crippen molar-refractivity contribution in [3.05, 3.63) is 71.8 Å². The fourth-order valence-corrected chi connectivity index (χ4v) is 8.00. The SMILES string of the molecule is C.C.CCCCOCCOC(=O)NCC(=O)CC(Cc1ccccc1)C(=O)NC(CC(C)C)C(=O)CCC(=O)NCCCOCCOC.CNC(=O)CCC(=O)C(CC(C)C)NC(=O)C(CC(=O)CNC(=O)OC(C)(C)C)Cc1ccccc1. The van der Waals surface area contributed by atoms with Crippen LogP contribution >= 0.6 is 0 Å². The van der Waals surface area contributed by atoms with E-state index in [4.69, 9.17) is 23.7 Å². The molecular formula is C63H104N6O15. The van der Waals surface area contributed by atoms with Crippen molar-refractivity contribution in [2.45, 2.75) is 171 Å². The molecule has 0 bridgehead atoms. The molecule has 21 nitrogen and oxygen atoms in total. The van der Waals surface area contributed by atoms with Crippen molar-refractivity contribution in [3.8, 4) is 0 Å². The maximum Gasteiger partial charge on any atom is 0.408 e. The number of amides is 6. The van der Waals surface area contributed by atoms with Gasteiger partial charge in [-0.1, -0.05) is 117 Å². The Balaban J connectivity index is 0. The van der Waals surface area contributed by atoms with E-state index in [2.05, 4.69) is 38.8 Å². The summed E-state index contributed by atoms with van der Waals surface area (Å²) in [5.74, 6) is -3.75. The highest BCUT2D eigenvalue weighted by Crippen LogP contribution is 2.19. The fraction of sp³-hybridized carbons (Fsp3) is 0.651. The number of hydrogen-bond donors (Lipinski definition) is 6. The lowest BCUT2D eigenvalue weighted by Gasteiger charge is -2.23. The summed E-state index contributed by atoms with van der Waals surface area (Å²) in [4.78, 5) is 126. The van der Waals surface area contributed by atoms with Crippen LogP contribution in [0.15, 0.2) is 60.7 Å². The van der Waals surface area contributed by atoms with Crippen molar-refractivity contribution in [2.75, 3.05) is 73.4 Å². The molecule has 0 saturated heterocycles. The van der Waals surface area contributed by atoms with E-state index in [0.717, 1.165) is 24.0 Å². The summed E-state index contributed by atoms with van der Waals surface area (Å²) in [5.41, 5.74) is 1.04. The second-order valence-electron chi connectivity index (χ2n) is 21.9. The van der Waals surface area contributed by atoms with Gasteiger partial charge in [-0.3, -0.25) is 38.4 Å². The maximum atomic E-state index is 13.5. The fourth-order valence-electron chi connectivity index (χ4n) is 8.00. The molecule has 6 N–H and O–H groups in total. The Bertz CT molecular complexity index is 2220. The molecule has 0 aliphatic rings. The van der Waals surface area contributed by atoms with Gasteiger partial charge in [0.05, 0.1) is 45.0 Å². The predicted molar refractivity (Wildman–Crippen MR) is 325 cm³/mol. The average molecular weight is 1190 g/mol. The second-order valence-corrected chi connectivity index (χ2v) is 21.9. The Labute approximate surface area is 501 Å². The van der Waals surface area contributed by atoms with E-state index < -0.39 is 53.5 Å². The summed E-state index contributed by atoms with van der Waals surface area (Å²) in [6.45, 7) is 17.3. The molecule has 0 heterocycles. The minimum absolute atomic E-state index is 0. The van der Waals surface area contributed by atoms with E-state index in [1.165, 1.54) is 7.05 Å². The lowest BCUT2D eigenvalue weighted by atomic mass is 9.91. The van der Waals surface area contributed by atoms with E-state index in [-0.39, 0.29) is 133 Å². The summed E-state index contributed by atoms with van der Waals surface area (Å²) in [6, 6.07) is 17.0. The van der Waals surface area contributed by atoms with Crippen molar-refractivity contribution < 1.29 is 71.6 Å². The van der Waals surface area contributed by atoms with Gasteiger partial charge in [0, 0.05) is 84.3 Å². The quantitative estimate of drug-likeness (QED) is 0.0349. The molecule has 0 aromatic heterocycles. The van der Waals surface area contributed by atoms with Crippen molar-refractivity contribution in [1.82, 2.24) is 31.9 Å². The van der Waals surface area contributed by atoms with Crippen LogP contribution in [0.2, 0.25) is 0 Å². The monoisotopic (exact) mass is 1180 g/mol. The highest BCUT2D eigenvalue weighted by molar-refractivity contribution is 5.95. The van der Waals surface area contributed by atoms with Crippen LogP contribution in [-0.4, -0.2) is 150 Å². The number of rotatable bonds is 41. The Morgan fingerprint density at radius 1 is 0.536 bits per heavy atom. The molecule has 0 spiro atoms. The number of carbonyl (C=O) groups excluding carboxylic acids is 10. The Morgan fingerprint density at radius 3 is 1.40 bits per heavy atom. The lowest BCUT2D eigenvalue weighted by molar-refractivity contribution is -0.133. The van der Waals surface area contributed by atoms with Gasteiger partial charge in [0.2, 0.25) is 23.6 Å². The molecule has 0 aliphatic carbocycles. The van der Waals surface area contributed by atoms with Gasteiger partial charge in [0.1, 0.15) is 12.2 Å². The molecule has 2 aromatic carbocycles. The van der Waals surface area contributed by atoms with Crippen molar-refractivity contribution >= 4 is 58.9 Å². The van der Waals surface area contributed by atoms with Crippen LogP contribution in [0.1, 0.15) is 152 Å². The third-order valence-electron chi connectivity index (χ3n) is 12.2. The van der Waals surface area contributed by atoms with Crippen LogP contribution in [-0.2, 0) is 74.9 Å². The van der Waals surface area contributed by atoms with Crippen molar-refractivity contribution in [2.24, 2.45) is 23.7 Å². The normalized spacial score (nSPS) is 12.2. The molecular weight excluding hydrogens is 1080 g/mol. The zero-order valence-electron chi connectivity index (χ0n) is 50.4. The summed E-state index contributed by atoms with van der Waals surface area (Å²) < 4.78 is 25.8. The van der Waals surface area contributed by atoms with Crippen LogP contribution in [0.5, 0.6) is 0 Å². The number of Topliss-reactive ketones (excluding diaryl/α,β-unsaturated/α-hetero) is 4. The van der Waals surface area contributed by atoms with Gasteiger partial charge in [-0.15, -0.1) is 0 Å². The zero-order chi connectivity index (χ0) is 61.3. The number of nitrogens with one attached hydrogen (secondary N) is 6. The number of alkyl carbamates (subject to hydrolysis) is 2. The molecule has 0 saturated carbocycles. The number of ketones is 4. The molecule has 2 rings (SSSR count). The number of unbranched alkanes of at least 4 members (excludes halogenated alkanes) is 1. The lowest BCUT2D eigenvalue weighted by Crippen LogP contribution is -2.46. The number of hydrogen-bond acceptors (Lipinski definition) is 15. The second kappa shape index (κ2) is 46.8. The van der Waals surface area contributed by atoms with Gasteiger partial charge in [-0.25, -0.2) is 9.59 Å². The maximum absolute atomic E-state index is 13.5. The topological polar surface area (TPSA) is 289 Å². The molecule has 6 amide bonds. The van der Waals surface area contributed by atoms with Gasteiger partial charge < -0.3 is 55.6 Å². The van der Waals surface area contributed by atoms with Crippen LogP contribution < -0.4 is 31.9 Å². The third kappa shape index (κ3) is 40.6. The minimum atomic E-state index is -0.796. The highest BCUT2D eigenvalue weighted by atomic mass is 16.6. The Kier molecular flexibility index (Phi) is 44.2. The molecule has 2 aromatic rings. The summed E-state index contributed by atoms with van der Waals surface area (Å²) >= 11 is 0. The molecule has 0 aliphatic heterocycles.